The Hall–Kier alpha value is -2.85. The number of piperazine rings is 1. The normalized spacial score (nSPS) is 15.9. The Labute approximate surface area is 151 Å². The molecule has 0 saturated carbocycles. The Bertz CT molecular complexity index is 969. The van der Waals surface area contributed by atoms with E-state index in [0.29, 0.717) is 32.0 Å². The van der Waals surface area contributed by atoms with Gasteiger partial charge < -0.3 is 4.90 Å². The summed E-state index contributed by atoms with van der Waals surface area (Å²) in [5, 5.41) is 4.17. The third-order valence-corrected chi connectivity index (χ3v) is 6.09. The fraction of sp³-hybridized carbons (Fsp3) is 0.250. The SMILES string of the molecule is O=S(=O)(c1cccnc1)N1CCN(c2cc(-n3cccn3)ncn2)CC1. The van der Waals surface area contributed by atoms with E-state index < -0.39 is 10.0 Å². The second-order valence-corrected chi connectivity index (χ2v) is 7.70. The molecule has 1 saturated heterocycles. The van der Waals surface area contributed by atoms with Gasteiger partial charge in [-0.1, -0.05) is 0 Å². The van der Waals surface area contributed by atoms with Gasteiger partial charge in [0.15, 0.2) is 5.82 Å². The largest absolute Gasteiger partial charge is 0.354 e. The second-order valence-electron chi connectivity index (χ2n) is 5.76. The number of nitrogens with zero attached hydrogens (tertiary/aromatic N) is 7. The molecule has 3 aromatic heterocycles. The van der Waals surface area contributed by atoms with E-state index in [1.54, 1.807) is 29.2 Å². The number of hydrogen-bond acceptors (Lipinski definition) is 7. The van der Waals surface area contributed by atoms with Crippen molar-refractivity contribution in [1.29, 1.82) is 0 Å². The van der Waals surface area contributed by atoms with Crippen LogP contribution in [-0.2, 0) is 10.0 Å². The Morgan fingerprint density at radius 1 is 0.962 bits per heavy atom. The van der Waals surface area contributed by atoms with E-state index in [-0.39, 0.29) is 4.90 Å². The predicted octanol–water partition coefficient (Wildman–Crippen LogP) is 0.568. The zero-order valence-electron chi connectivity index (χ0n) is 13.9. The van der Waals surface area contributed by atoms with Gasteiger partial charge in [-0.3, -0.25) is 4.98 Å². The lowest BCUT2D eigenvalue weighted by atomic mass is 10.3. The fourth-order valence-electron chi connectivity index (χ4n) is 2.85. The Morgan fingerprint density at radius 3 is 2.46 bits per heavy atom. The molecule has 9 nitrogen and oxygen atoms in total. The van der Waals surface area contributed by atoms with Crippen molar-refractivity contribution in [1.82, 2.24) is 29.0 Å². The minimum Gasteiger partial charge on any atom is -0.354 e. The highest BCUT2D eigenvalue weighted by atomic mass is 32.2. The van der Waals surface area contributed by atoms with Gasteiger partial charge >= 0.3 is 0 Å². The minimum atomic E-state index is -3.51. The molecule has 0 spiro atoms. The van der Waals surface area contributed by atoms with Crippen molar-refractivity contribution in [2.24, 2.45) is 0 Å². The van der Waals surface area contributed by atoms with Gasteiger partial charge in [0.2, 0.25) is 10.0 Å². The summed E-state index contributed by atoms with van der Waals surface area (Å²) in [4.78, 5) is 14.7. The molecule has 1 aliphatic heterocycles. The Balaban J connectivity index is 1.48. The maximum absolute atomic E-state index is 12.7. The van der Waals surface area contributed by atoms with Crippen LogP contribution in [0.15, 0.2) is 60.3 Å². The van der Waals surface area contributed by atoms with Crippen molar-refractivity contribution in [2.75, 3.05) is 31.1 Å². The first-order valence-corrected chi connectivity index (χ1v) is 9.56. The van der Waals surface area contributed by atoms with Crippen molar-refractivity contribution >= 4 is 15.8 Å². The molecule has 4 rings (SSSR count). The van der Waals surface area contributed by atoms with Gasteiger partial charge in [-0.05, 0) is 18.2 Å². The van der Waals surface area contributed by atoms with Crippen molar-refractivity contribution in [3.63, 3.8) is 0 Å². The highest BCUT2D eigenvalue weighted by Gasteiger charge is 2.29. The maximum atomic E-state index is 12.7. The standard InChI is InChI=1S/C16H17N7O2S/c24-26(25,14-3-1-4-17-12-14)22-9-7-21(8-10-22)15-11-16(19-13-18-15)23-6-2-5-20-23/h1-6,11-13H,7-10H2. The van der Waals surface area contributed by atoms with Crippen molar-refractivity contribution in [3.05, 3.63) is 55.4 Å². The van der Waals surface area contributed by atoms with Crippen LogP contribution in [-0.4, -0.2) is 63.6 Å². The average molecular weight is 371 g/mol. The summed E-state index contributed by atoms with van der Waals surface area (Å²) >= 11 is 0. The topological polar surface area (TPSA) is 97.1 Å². The summed E-state index contributed by atoms with van der Waals surface area (Å²) in [6.45, 7) is 1.88. The van der Waals surface area contributed by atoms with E-state index in [1.807, 2.05) is 23.2 Å². The smallest absolute Gasteiger partial charge is 0.244 e. The minimum absolute atomic E-state index is 0.219. The quantitative estimate of drug-likeness (QED) is 0.661. The van der Waals surface area contributed by atoms with Gasteiger partial charge in [0.1, 0.15) is 17.0 Å². The van der Waals surface area contributed by atoms with E-state index in [4.69, 9.17) is 0 Å². The fourth-order valence-corrected chi connectivity index (χ4v) is 4.23. The monoisotopic (exact) mass is 371 g/mol. The number of anilines is 1. The first-order chi connectivity index (χ1) is 12.6. The highest BCUT2D eigenvalue weighted by Crippen LogP contribution is 2.20. The highest BCUT2D eigenvalue weighted by molar-refractivity contribution is 7.89. The van der Waals surface area contributed by atoms with Crippen LogP contribution >= 0.6 is 0 Å². The maximum Gasteiger partial charge on any atom is 0.244 e. The number of aromatic nitrogens is 5. The summed E-state index contributed by atoms with van der Waals surface area (Å²) < 4.78 is 28.5. The third kappa shape index (κ3) is 3.16. The third-order valence-electron chi connectivity index (χ3n) is 4.21. The molecule has 0 aromatic carbocycles. The van der Waals surface area contributed by atoms with E-state index in [0.717, 1.165) is 5.82 Å². The summed E-state index contributed by atoms with van der Waals surface area (Å²) in [5.74, 6) is 1.43. The molecule has 0 bridgehead atoms. The molecule has 0 unspecified atom stereocenters. The van der Waals surface area contributed by atoms with E-state index >= 15 is 0 Å². The zero-order valence-corrected chi connectivity index (χ0v) is 14.7. The van der Waals surface area contributed by atoms with Crippen molar-refractivity contribution in [2.45, 2.75) is 4.90 Å². The van der Waals surface area contributed by atoms with E-state index in [2.05, 4.69) is 20.1 Å². The van der Waals surface area contributed by atoms with Crippen LogP contribution in [0.3, 0.4) is 0 Å². The lowest BCUT2D eigenvalue weighted by Crippen LogP contribution is -2.49. The van der Waals surface area contributed by atoms with Crippen LogP contribution < -0.4 is 4.90 Å². The Morgan fingerprint density at radius 2 is 1.77 bits per heavy atom. The van der Waals surface area contributed by atoms with Crippen LogP contribution in [0.2, 0.25) is 0 Å². The van der Waals surface area contributed by atoms with Gasteiger partial charge in [0.05, 0.1) is 0 Å². The van der Waals surface area contributed by atoms with Gasteiger partial charge in [-0.2, -0.15) is 9.40 Å². The molecule has 134 valence electrons. The summed E-state index contributed by atoms with van der Waals surface area (Å²) in [7, 11) is -3.51. The molecule has 0 radical (unpaired) electrons. The van der Waals surface area contributed by atoms with Crippen LogP contribution in [0.1, 0.15) is 0 Å². The van der Waals surface area contributed by atoms with E-state index in [1.165, 1.54) is 16.8 Å². The molecule has 0 N–H and O–H groups in total. The summed E-state index contributed by atoms with van der Waals surface area (Å²) in [5.41, 5.74) is 0. The summed E-state index contributed by atoms with van der Waals surface area (Å²) in [6.07, 6.45) is 7.92. The molecule has 10 heteroatoms. The molecule has 0 amide bonds. The van der Waals surface area contributed by atoms with Gasteiger partial charge in [0, 0.05) is 57.0 Å². The molecule has 3 aromatic rings. The first-order valence-electron chi connectivity index (χ1n) is 8.12. The lowest BCUT2D eigenvalue weighted by Gasteiger charge is -2.34. The van der Waals surface area contributed by atoms with Crippen molar-refractivity contribution in [3.8, 4) is 5.82 Å². The first kappa shape index (κ1) is 16.6. The lowest BCUT2D eigenvalue weighted by molar-refractivity contribution is 0.383. The number of rotatable bonds is 4. The van der Waals surface area contributed by atoms with Gasteiger partial charge in [-0.25, -0.2) is 23.1 Å². The predicted molar refractivity (Wildman–Crippen MR) is 94.4 cm³/mol. The van der Waals surface area contributed by atoms with Crippen LogP contribution in [0.4, 0.5) is 5.82 Å². The van der Waals surface area contributed by atoms with Gasteiger partial charge in [0.25, 0.3) is 0 Å². The van der Waals surface area contributed by atoms with Crippen LogP contribution in [0, 0.1) is 0 Å². The second kappa shape index (κ2) is 6.81. The van der Waals surface area contributed by atoms with E-state index in [9.17, 15) is 8.42 Å². The Kier molecular flexibility index (Phi) is 4.35. The van der Waals surface area contributed by atoms with Crippen LogP contribution in [0.25, 0.3) is 5.82 Å². The van der Waals surface area contributed by atoms with Gasteiger partial charge in [-0.15, -0.1) is 0 Å². The zero-order chi connectivity index (χ0) is 18.0. The molecule has 1 fully saturated rings. The number of pyridine rings is 1. The van der Waals surface area contributed by atoms with Crippen molar-refractivity contribution < 1.29 is 8.42 Å². The average Bonchev–Trinajstić information content (AvgIpc) is 3.24. The molecular weight excluding hydrogens is 354 g/mol. The molecule has 26 heavy (non-hydrogen) atoms. The molecule has 0 atom stereocenters. The molecular formula is C16H17N7O2S. The molecule has 1 aliphatic rings. The van der Waals surface area contributed by atoms with Crippen LogP contribution in [0.5, 0.6) is 0 Å². The molecule has 4 heterocycles. The molecule has 0 aliphatic carbocycles. The number of hydrogen-bond donors (Lipinski definition) is 0. The number of sulfonamides is 1. The summed E-state index contributed by atoms with van der Waals surface area (Å²) in [6, 6.07) is 6.86.